The summed E-state index contributed by atoms with van der Waals surface area (Å²) in [6.45, 7) is 0.248. The molecule has 0 fully saturated rings. The summed E-state index contributed by atoms with van der Waals surface area (Å²) in [5, 5.41) is 15.3. The van der Waals surface area contributed by atoms with Crippen molar-refractivity contribution in [1.29, 1.82) is 0 Å². The zero-order chi connectivity index (χ0) is 12.7. The van der Waals surface area contributed by atoms with Gasteiger partial charge in [-0.25, -0.2) is 14.6 Å². The number of aromatic nitrogens is 1. The molecule has 17 heavy (non-hydrogen) atoms. The van der Waals surface area contributed by atoms with Crippen molar-refractivity contribution < 1.29 is 14.7 Å². The maximum absolute atomic E-state index is 11.3. The first-order valence-corrected chi connectivity index (χ1v) is 5.65. The number of terminal acetylenes is 1. The first-order valence-electron chi connectivity index (χ1n) is 4.71. The molecular weight excluding hydrogens is 242 g/mol. The Bertz CT molecular complexity index is 425. The van der Waals surface area contributed by atoms with Gasteiger partial charge in [0.25, 0.3) is 0 Å². The maximum Gasteiger partial charge on any atom is 0.327 e. The van der Waals surface area contributed by atoms with E-state index in [1.165, 1.54) is 11.3 Å². The van der Waals surface area contributed by atoms with E-state index in [-0.39, 0.29) is 13.0 Å². The standard InChI is InChI=1S/C10H11N3O3S/c1-2-3-8(9(14)15)13-10(16)11-4-7-5-17-6-12-7/h1,5-6,8H,3-4H2,(H,14,15)(H2,11,13,16). The van der Waals surface area contributed by atoms with Crippen LogP contribution < -0.4 is 10.6 Å². The Balaban J connectivity index is 2.37. The lowest BCUT2D eigenvalue weighted by Crippen LogP contribution is -2.45. The lowest BCUT2D eigenvalue weighted by Gasteiger charge is -2.12. The van der Waals surface area contributed by atoms with Gasteiger partial charge in [-0.1, -0.05) is 0 Å². The van der Waals surface area contributed by atoms with Crippen LogP contribution in [0.4, 0.5) is 4.79 Å². The average Bonchev–Trinajstić information content (AvgIpc) is 2.78. The van der Waals surface area contributed by atoms with Crippen molar-refractivity contribution in [3.8, 4) is 12.3 Å². The van der Waals surface area contributed by atoms with E-state index >= 15 is 0 Å². The Morgan fingerprint density at radius 1 is 1.65 bits per heavy atom. The Kier molecular flexibility index (Phi) is 4.97. The second kappa shape index (κ2) is 6.50. The normalized spacial score (nSPS) is 11.2. The largest absolute Gasteiger partial charge is 0.480 e. The summed E-state index contributed by atoms with van der Waals surface area (Å²) in [6, 6.07) is -1.66. The molecule has 1 aromatic rings. The van der Waals surface area contributed by atoms with E-state index < -0.39 is 18.0 Å². The molecule has 0 radical (unpaired) electrons. The second-order valence-electron chi connectivity index (χ2n) is 3.11. The molecule has 90 valence electrons. The number of rotatable bonds is 5. The minimum atomic E-state index is -1.16. The van der Waals surface area contributed by atoms with Crippen molar-refractivity contribution in [2.75, 3.05) is 0 Å². The predicted molar refractivity (Wildman–Crippen MR) is 62.4 cm³/mol. The van der Waals surface area contributed by atoms with Gasteiger partial charge in [-0.2, -0.15) is 0 Å². The molecule has 1 rings (SSSR count). The number of carbonyl (C=O) groups excluding carboxylic acids is 1. The smallest absolute Gasteiger partial charge is 0.327 e. The van der Waals surface area contributed by atoms with Crippen molar-refractivity contribution in [3.05, 3.63) is 16.6 Å². The van der Waals surface area contributed by atoms with Crippen LogP contribution in [-0.4, -0.2) is 28.1 Å². The molecule has 0 aliphatic carbocycles. The van der Waals surface area contributed by atoms with Crippen LogP contribution in [0, 0.1) is 12.3 Å². The third kappa shape index (κ3) is 4.53. The Hall–Kier alpha value is -2.07. The van der Waals surface area contributed by atoms with Crippen LogP contribution in [0.3, 0.4) is 0 Å². The highest BCUT2D eigenvalue weighted by atomic mass is 32.1. The van der Waals surface area contributed by atoms with Gasteiger partial charge >= 0.3 is 12.0 Å². The Morgan fingerprint density at radius 3 is 2.94 bits per heavy atom. The van der Waals surface area contributed by atoms with Crippen LogP contribution in [0.5, 0.6) is 0 Å². The molecule has 0 saturated heterocycles. The predicted octanol–water partition coefficient (Wildman–Crippen LogP) is 0.419. The van der Waals surface area contributed by atoms with E-state index in [2.05, 4.69) is 21.5 Å². The summed E-state index contributed by atoms with van der Waals surface area (Å²) in [6.07, 6.45) is 4.94. The monoisotopic (exact) mass is 253 g/mol. The quantitative estimate of drug-likeness (QED) is 0.663. The van der Waals surface area contributed by atoms with Gasteiger partial charge in [-0.3, -0.25) is 0 Å². The molecule has 0 aliphatic heterocycles. The van der Waals surface area contributed by atoms with Crippen LogP contribution in [0.15, 0.2) is 10.9 Å². The third-order valence-corrected chi connectivity index (χ3v) is 2.47. The van der Waals surface area contributed by atoms with Gasteiger partial charge in [0.1, 0.15) is 6.04 Å². The number of nitrogens with one attached hydrogen (secondary N) is 2. The van der Waals surface area contributed by atoms with E-state index in [0.717, 1.165) is 0 Å². The van der Waals surface area contributed by atoms with E-state index in [4.69, 9.17) is 11.5 Å². The molecule has 1 atom stereocenters. The van der Waals surface area contributed by atoms with Crippen molar-refractivity contribution in [2.45, 2.75) is 19.0 Å². The summed E-state index contributed by atoms with van der Waals surface area (Å²) < 4.78 is 0. The summed E-state index contributed by atoms with van der Waals surface area (Å²) in [5.74, 6) is 1.03. The topological polar surface area (TPSA) is 91.3 Å². The Labute approximate surface area is 102 Å². The number of carboxylic acids is 1. The first kappa shape index (κ1) is 13.0. The molecule has 1 aromatic heterocycles. The van der Waals surface area contributed by atoms with Gasteiger partial charge in [0.05, 0.1) is 17.7 Å². The number of carboxylic acid groups (broad SMARTS) is 1. The molecule has 0 spiro atoms. The minimum Gasteiger partial charge on any atom is -0.480 e. The SMILES string of the molecule is C#CCC(NC(=O)NCc1cscn1)C(=O)O. The van der Waals surface area contributed by atoms with Crippen LogP contribution >= 0.6 is 11.3 Å². The number of nitrogens with zero attached hydrogens (tertiary/aromatic N) is 1. The lowest BCUT2D eigenvalue weighted by atomic mass is 10.2. The van der Waals surface area contributed by atoms with Crippen molar-refractivity contribution >= 4 is 23.3 Å². The number of aliphatic carboxylic acids is 1. The molecule has 7 heteroatoms. The Morgan fingerprint density at radius 2 is 2.41 bits per heavy atom. The van der Waals surface area contributed by atoms with Crippen molar-refractivity contribution in [2.24, 2.45) is 0 Å². The van der Waals surface area contributed by atoms with E-state index in [1.807, 2.05) is 0 Å². The fourth-order valence-electron chi connectivity index (χ4n) is 1.02. The molecule has 0 aliphatic rings. The third-order valence-electron chi connectivity index (χ3n) is 1.84. The molecule has 3 N–H and O–H groups in total. The fraction of sp³-hybridized carbons (Fsp3) is 0.300. The van der Waals surface area contributed by atoms with Crippen molar-refractivity contribution in [3.63, 3.8) is 0 Å². The van der Waals surface area contributed by atoms with Crippen molar-refractivity contribution in [1.82, 2.24) is 15.6 Å². The van der Waals surface area contributed by atoms with Crippen LogP contribution in [0.1, 0.15) is 12.1 Å². The number of carbonyl (C=O) groups is 2. The number of hydrogen-bond donors (Lipinski definition) is 3. The van der Waals surface area contributed by atoms with E-state index in [1.54, 1.807) is 10.9 Å². The highest BCUT2D eigenvalue weighted by molar-refractivity contribution is 7.07. The number of amides is 2. The van der Waals surface area contributed by atoms with Gasteiger partial charge in [0, 0.05) is 11.8 Å². The molecule has 6 nitrogen and oxygen atoms in total. The molecule has 1 unspecified atom stereocenters. The molecule has 0 saturated carbocycles. The summed E-state index contributed by atoms with van der Waals surface area (Å²) >= 11 is 1.41. The zero-order valence-corrected chi connectivity index (χ0v) is 9.66. The van der Waals surface area contributed by atoms with Crippen LogP contribution in [0.2, 0.25) is 0 Å². The number of urea groups is 1. The average molecular weight is 253 g/mol. The number of hydrogen-bond acceptors (Lipinski definition) is 4. The van der Waals surface area contributed by atoms with Crippen LogP contribution in [-0.2, 0) is 11.3 Å². The first-order chi connectivity index (χ1) is 8.13. The van der Waals surface area contributed by atoms with E-state index in [0.29, 0.717) is 5.69 Å². The fourth-order valence-corrected chi connectivity index (χ4v) is 1.58. The maximum atomic E-state index is 11.3. The molecule has 1 heterocycles. The molecular formula is C10H11N3O3S. The molecule has 2 amide bonds. The summed E-state index contributed by atoms with van der Waals surface area (Å²) in [5.41, 5.74) is 2.36. The van der Waals surface area contributed by atoms with Gasteiger partial charge in [-0.15, -0.1) is 23.7 Å². The van der Waals surface area contributed by atoms with Gasteiger partial charge in [-0.05, 0) is 0 Å². The van der Waals surface area contributed by atoms with Gasteiger partial charge in [0.2, 0.25) is 0 Å². The molecule has 0 aromatic carbocycles. The van der Waals surface area contributed by atoms with Gasteiger partial charge in [0.15, 0.2) is 0 Å². The highest BCUT2D eigenvalue weighted by Gasteiger charge is 2.18. The number of thiazole rings is 1. The summed E-state index contributed by atoms with van der Waals surface area (Å²) in [7, 11) is 0. The highest BCUT2D eigenvalue weighted by Crippen LogP contribution is 1.99. The molecule has 0 bridgehead atoms. The second-order valence-corrected chi connectivity index (χ2v) is 3.82. The zero-order valence-electron chi connectivity index (χ0n) is 8.84. The van der Waals surface area contributed by atoms with E-state index in [9.17, 15) is 9.59 Å². The van der Waals surface area contributed by atoms with Crippen LogP contribution in [0.25, 0.3) is 0 Å². The van der Waals surface area contributed by atoms with Gasteiger partial charge < -0.3 is 15.7 Å². The lowest BCUT2D eigenvalue weighted by molar-refractivity contribution is -0.139. The summed E-state index contributed by atoms with van der Waals surface area (Å²) in [4.78, 5) is 26.0. The minimum absolute atomic E-state index is 0.0561.